The molecule has 0 radical (unpaired) electrons. The van der Waals surface area contributed by atoms with Gasteiger partial charge in [0.1, 0.15) is 12.1 Å². The van der Waals surface area contributed by atoms with Crippen molar-refractivity contribution in [2.24, 2.45) is 7.05 Å². The first-order valence-corrected chi connectivity index (χ1v) is 9.49. The summed E-state index contributed by atoms with van der Waals surface area (Å²) in [7, 11) is -1.37. The van der Waals surface area contributed by atoms with E-state index in [-0.39, 0.29) is 4.90 Å². The van der Waals surface area contributed by atoms with Crippen LogP contribution < -0.4 is 5.32 Å². The van der Waals surface area contributed by atoms with Crippen LogP contribution in [0.25, 0.3) is 10.9 Å². The maximum Gasteiger partial charge on any atom is 0.175 e. The lowest BCUT2D eigenvalue weighted by Gasteiger charge is -2.09. The molecule has 3 rings (SSSR count). The van der Waals surface area contributed by atoms with Gasteiger partial charge in [0.15, 0.2) is 9.84 Å². The molecule has 0 saturated carbocycles. The van der Waals surface area contributed by atoms with Crippen molar-refractivity contribution in [1.82, 2.24) is 19.7 Å². The van der Waals surface area contributed by atoms with Crippen LogP contribution in [0.2, 0.25) is 0 Å². The van der Waals surface area contributed by atoms with Crippen LogP contribution in [0.15, 0.2) is 41.8 Å². The van der Waals surface area contributed by atoms with Crippen LogP contribution in [0, 0.1) is 0 Å². The Kier molecular flexibility index (Phi) is 4.48. The van der Waals surface area contributed by atoms with Gasteiger partial charge in [-0.05, 0) is 36.6 Å². The predicted molar refractivity (Wildman–Crippen MR) is 92.7 cm³/mol. The molecule has 0 amide bonds. The van der Waals surface area contributed by atoms with E-state index >= 15 is 0 Å². The van der Waals surface area contributed by atoms with Gasteiger partial charge in [-0.3, -0.25) is 4.68 Å². The Balaban J connectivity index is 1.73. The highest BCUT2D eigenvalue weighted by molar-refractivity contribution is 7.90. The molecule has 0 aliphatic heterocycles. The molecule has 3 aromatic rings. The van der Waals surface area contributed by atoms with Crippen LogP contribution in [0.1, 0.15) is 12.0 Å². The second-order valence-corrected chi connectivity index (χ2v) is 7.74. The first-order valence-electron chi connectivity index (χ1n) is 7.60. The third-order valence-corrected chi connectivity index (χ3v) is 4.84. The summed E-state index contributed by atoms with van der Waals surface area (Å²) in [4.78, 5) is 8.70. The maximum absolute atomic E-state index is 11.7. The second-order valence-electron chi connectivity index (χ2n) is 5.73. The summed E-state index contributed by atoms with van der Waals surface area (Å²) in [6.45, 7) is 0.726. The standard InChI is InChI=1S/C16H19N5O2S/c1-21-10-12(9-20-21)4-3-7-17-16-14-8-13(24(2,22)23)5-6-15(14)18-11-19-16/h5-6,8-11H,3-4,7H2,1-2H3,(H,17,18,19). The van der Waals surface area contributed by atoms with Gasteiger partial charge in [0.2, 0.25) is 0 Å². The molecule has 0 saturated heterocycles. The molecule has 7 nitrogen and oxygen atoms in total. The topological polar surface area (TPSA) is 89.8 Å². The van der Waals surface area contributed by atoms with Crippen molar-refractivity contribution in [2.75, 3.05) is 18.1 Å². The molecular weight excluding hydrogens is 326 g/mol. The highest BCUT2D eigenvalue weighted by Crippen LogP contribution is 2.23. The summed E-state index contributed by atoms with van der Waals surface area (Å²) in [5.41, 5.74) is 1.90. The average molecular weight is 345 g/mol. The molecule has 0 atom stereocenters. The van der Waals surface area contributed by atoms with Crippen molar-refractivity contribution in [2.45, 2.75) is 17.7 Å². The third-order valence-electron chi connectivity index (χ3n) is 3.73. The van der Waals surface area contributed by atoms with E-state index in [0.29, 0.717) is 16.7 Å². The summed E-state index contributed by atoms with van der Waals surface area (Å²) in [5, 5.41) is 8.13. The summed E-state index contributed by atoms with van der Waals surface area (Å²) < 4.78 is 25.3. The van der Waals surface area contributed by atoms with Crippen molar-refractivity contribution in [3.05, 3.63) is 42.5 Å². The number of rotatable bonds is 6. The van der Waals surface area contributed by atoms with Gasteiger partial charge in [0, 0.05) is 31.4 Å². The molecule has 0 bridgehead atoms. The number of fused-ring (bicyclic) bond motifs is 1. The molecule has 0 aliphatic rings. The maximum atomic E-state index is 11.7. The van der Waals surface area contributed by atoms with Crippen molar-refractivity contribution in [3.63, 3.8) is 0 Å². The molecule has 0 spiro atoms. The Morgan fingerprint density at radius 3 is 2.79 bits per heavy atom. The zero-order valence-electron chi connectivity index (χ0n) is 13.6. The van der Waals surface area contributed by atoms with E-state index in [0.717, 1.165) is 19.4 Å². The van der Waals surface area contributed by atoms with Crippen molar-refractivity contribution >= 4 is 26.6 Å². The van der Waals surface area contributed by atoms with Crippen molar-refractivity contribution in [1.29, 1.82) is 0 Å². The van der Waals surface area contributed by atoms with Gasteiger partial charge in [0.25, 0.3) is 0 Å². The number of aromatic nitrogens is 4. The van der Waals surface area contributed by atoms with Crippen molar-refractivity contribution < 1.29 is 8.42 Å². The van der Waals surface area contributed by atoms with Crippen LogP contribution in [0.4, 0.5) is 5.82 Å². The Bertz CT molecular complexity index is 966. The molecule has 1 aromatic carbocycles. The van der Waals surface area contributed by atoms with Crippen LogP contribution >= 0.6 is 0 Å². The zero-order chi connectivity index (χ0) is 17.2. The van der Waals surface area contributed by atoms with E-state index in [2.05, 4.69) is 20.4 Å². The molecule has 0 aliphatic carbocycles. The smallest absolute Gasteiger partial charge is 0.175 e. The molecule has 126 valence electrons. The lowest BCUT2D eigenvalue weighted by molar-refractivity contribution is 0.602. The number of anilines is 1. The molecule has 2 aromatic heterocycles. The monoisotopic (exact) mass is 345 g/mol. The molecule has 8 heteroatoms. The highest BCUT2D eigenvalue weighted by Gasteiger charge is 2.10. The Labute approximate surface area is 140 Å². The Morgan fingerprint density at radius 2 is 2.08 bits per heavy atom. The lowest BCUT2D eigenvalue weighted by Crippen LogP contribution is -2.06. The first-order chi connectivity index (χ1) is 11.4. The summed E-state index contributed by atoms with van der Waals surface area (Å²) in [6, 6.07) is 4.89. The van der Waals surface area contributed by atoms with Gasteiger partial charge in [-0.1, -0.05) is 0 Å². The fourth-order valence-corrected chi connectivity index (χ4v) is 3.15. The lowest BCUT2D eigenvalue weighted by atomic mass is 10.2. The molecule has 0 unspecified atom stereocenters. The van der Waals surface area contributed by atoms with E-state index in [1.54, 1.807) is 22.9 Å². The normalized spacial score (nSPS) is 11.8. The van der Waals surface area contributed by atoms with E-state index < -0.39 is 9.84 Å². The minimum Gasteiger partial charge on any atom is -0.369 e. The largest absolute Gasteiger partial charge is 0.369 e. The Hall–Kier alpha value is -2.48. The summed E-state index contributed by atoms with van der Waals surface area (Å²) >= 11 is 0. The minimum absolute atomic E-state index is 0.267. The predicted octanol–water partition coefficient (Wildman–Crippen LogP) is 1.81. The number of aryl methyl sites for hydroxylation is 2. The second kappa shape index (κ2) is 6.56. The number of hydrogen-bond acceptors (Lipinski definition) is 6. The van der Waals surface area contributed by atoms with Crippen LogP contribution in [0.5, 0.6) is 0 Å². The fraction of sp³-hybridized carbons (Fsp3) is 0.312. The van der Waals surface area contributed by atoms with Gasteiger partial charge < -0.3 is 5.32 Å². The Morgan fingerprint density at radius 1 is 1.25 bits per heavy atom. The zero-order valence-corrected chi connectivity index (χ0v) is 14.4. The number of nitrogens with zero attached hydrogens (tertiary/aromatic N) is 4. The first kappa shape index (κ1) is 16.4. The number of hydrogen-bond donors (Lipinski definition) is 1. The van der Waals surface area contributed by atoms with Crippen LogP contribution in [-0.4, -0.2) is 41.0 Å². The molecule has 24 heavy (non-hydrogen) atoms. The van der Waals surface area contributed by atoms with Gasteiger partial charge in [-0.2, -0.15) is 5.10 Å². The number of sulfone groups is 1. The fourth-order valence-electron chi connectivity index (χ4n) is 2.51. The quantitative estimate of drug-likeness (QED) is 0.685. The van der Waals surface area contributed by atoms with E-state index in [9.17, 15) is 8.42 Å². The number of nitrogens with one attached hydrogen (secondary N) is 1. The van der Waals surface area contributed by atoms with Gasteiger partial charge >= 0.3 is 0 Å². The molecule has 1 N–H and O–H groups in total. The molecule has 2 heterocycles. The van der Waals surface area contributed by atoms with E-state index in [1.807, 2.05) is 19.4 Å². The SMILES string of the molecule is Cn1cc(CCCNc2ncnc3ccc(S(C)(=O)=O)cc23)cn1. The van der Waals surface area contributed by atoms with Gasteiger partial charge in [-0.25, -0.2) is 18.4 Å². The summed E-state index contributed by atoms with van der Waals surface area (Å²) in [5.74, 6) is 0.650. The highest BCUT2D eigenvalue weighted by atomic mass is 32.2. The van der Waals surface area contributed by atoms with Gasteiger partial charge in [0.05, 0.1) is 16.6 Å². The van der Waals surface area contributed by atoms with Crippen LogP contribution in [0.3, 0.4) is 0 Å². The molecular formula is C16H19N5O2S. The van der Waals surface area contributed by atoms with E-state index in [4.69, 9.17) is 0 Å². The third kappa shape index (κ3) is 3.70. The minimum atomic E-state index is -3.26. The van der Waals surface area contributed by atoms with Crippen LogP contribution in [-0.2, 0) is 23.3 Å². The average Bonchev–Trinajstić information content (AvgIpc) is 2.95. The van der Waals surface area contributed by atoms with E-state index in [1.165, 1.54) is 18.1 Å². The van der Waals surface area contributed by atoms with Gasteiger partial charge in [-0.15, -0.1) is 0 Å². The molecule has 0 fully saturated rings. The summed E-state index contributed by atoms with van der Waals surface area (Å²) in [6.07, 6.45) is 8.36. The number of benzene rings is 1. The van der Waals surface area contributed by atoms with Crippen molar-refractivity contribution in [3.8, 4) is 0 Å².